The van der Waals surface area contributed by atoms with Crippen LogP contribution >= 0.6 is 11.8 Å². The van der Waals surface area contributed by atoms with E-state index >= 15 is 0 Å². The fourth-order valence-electron chi connectivity index (χ4n) is 2.86. The van der Waals surface area contributed by atoms with Gasteiger partial charge in [0.2, 0.25) is 0 Å². The number of aromatic hydroxyl groups is 1. The maximum absolute atomic E-state index is 13.0. The molecule has 3 aromatic rings. The van der Waals surface area contributed by atoms with E-state index in [0.29, 0.717) is 16.3 Å². The Morgan fingerprint density at radius 2 is 1.83 bits per heavy atom. The van der Waals surface area contributed by atoms with Crippen molar-refractivity contribution >= 4 is 49.9 Å². The fraction of sp³-hybridized carbons (Fsp3) is 0.105. The van der Waals surface area contributed by atoms with Crippen LogP contribution < -0.4 is 4.72 Å². The second-order valence-corrected chi connectivity index (χ2v) is 8.98. The van der Waals surface area contributed by atoms with E-state index in [1.54, 1.807) is 24.3 Å². The number of nitro benzene ring substituents is 1. The van der Waals surface area contributed by atoms with Crippen LogP contribution in [0.3, 0.4) is 0 Å². The van der Waals surface area contributed by atoms with E-state index in [0.717, 1.165) is 17.8 Å². The number of hydrogen-bond acceptors (Lipinski definition) is 7. The smallest absolute Gasteiger partial charge is 0.313 e. The van der Waals surface area contributed by atoms with Crippen LogP contribution in [0.25, 0.3) is 10.8 Å². The zero-order valence-corrected chi connectivity index (χ0v) is 17.2. The third kappa shape index (κ3) is 4.31. The van der Waals surface area contributed by atoms with Gasteiger partial charge in [-0.25, -0.2) is 8.42 Å². The topological polar surface area (TPSA) is 147 Å². The molecule has 30 heavy (non-hydrogen) atoms. The van der Waals surface area contributed by atoms with E-state index in [4.69, 9.17) is 5.11 Å². The van der Waals surface area contributed by atoms with Crippen molar-refractivity contribution in [3.8, 4) is 5.75 Å². The molecule has 0 saturated carbocycles. The van der Waals surface area contributed by atoms with Crippen molar-refractivity contribution in [2.75, 3.05) is 10.5 Å². The summed E-state index contributed by atoms with van der Waals surface area (Å²) in [5, 5.41) is 31.2. The molecule has 156 valence electrons. The monoisotopic (exact) mass is 448 g/mol. The number of rotatable bonds is 7. The van der Waals surface area contributed by atoms with Gasteiger partial charge in [0.25, 0.3) is 15.7 Å². The maximum atomic E-state index is 13.0. The van der Waals surface area contributed by atoms with Gasteiger partial charge in [-0.2, -0.15) is 0 Å². The summed E-state index contributed by atoms with van der Waals surface area (Å²) in [6.45, 7) is 1.52. The van der Waals surface area contributed by atoms with Crippen LogP contribution in [0, 0.1) is 17.0 Å². The van der Waals surface area contributed by atoms with Crippen molar-refractivity contribution in [2.45, 2.75) is 16.7 Å². The zero-order valence-electron chi connectivity index (χ0n) is 15.5. The molecule has 0 atom stereocenters. The number of hydrogen-bond donors (Lipinski definition) is 3. The molecule has 0 aromatic heterocycles. The second-order valence-electron chi connectivity index (χ2n) is 6.31. The molecule has 11 heteroatoms. The minimum atomic E-state index is -4.21. The summed E-state index contributed by atoms with van der Waals surface area (Å²) in [5.41, 5.74) is 0.0631. The second kappa shape index (κ2) is 8.20. The molecular formula is C19H16N2O7S2. The average Bonchev–Trinajstić information content (AvgIpc) is 2.69. The molecule has 3 rings (SSSR count). The number of nitrogens with zero attached hydrogens (tertiary/aromatic N) is 1. The standard InChI is InChI=1S/C19H16N2O7S2/c1-11-6-7-12(21(25)26)8-17(11)30(27,28)20-15-9-16(29-10-18(22)23)19(24)14-5-3-2-4-13(14)15/h2-9,20,24H,10H2,1H3,(H,22,23). The van der Waals surface area contributed by atoms with Crippen LogP contribution in [-0.2, 0) is 14.8 Å². The Balaban J connectivity index is 2.13. The number of anilines is 1. The number of aryl methyl sites for hydroxylation is 1. The zero-order chi connectivity index (χ0) is 22.1. The third-order valence-corrected chi connectivity index (χ3v) is 6.77. The number of carboxylic acids is 1. The molecule has 0 radical (unpaired) electrons. The quantitative estimate of drug-likeness (QED) is 0.214. The van der Waals surface area contributed by atoms with Crippen LogP contribution in [-0.4, -0.2) is 35.3 Å². The number of nitro groups is 1. The van der Waals surface area contributed by atoms with E-state index in [-0.39, 0.29) is 32.7 Å². The number of nitrogens with one attached hydrogen (secondary N) is 1. The van der Waals surface area contributed by atoms with Gasteiger partial charge in [0.05, 0.1) is 26.2 Å². The largest absolute Gasteiger partial charge is 0.506 e. The number of thioether (sulfide) groups is 1. The molecule has 9 nitrogen and oxygen atoms in total. The lowest BCUT2D eigenvalue weighted by Gasteiger charge is -2.15. The first kappa shape index (κ1) is 21.4. The molecule has 3 aromatic carbocycles. The van der Waals surface area contributed by atoms with Crippen molar-refractivity contribution < 1.29 is 28.3 Å². The van der Waals surface area contributed by atoms with E-state index in [1.807, 2.05) is 0 Å². The molecule has 0 amide bonds. The summed E-state index contributed by atoms with van der Waals surface area (Å²) in [5.74, 6) is -1.59. The highest BCUT2D eigenvalue weighted by atomic mass is 32.2. The van der Waals surface area contributed by atoms with Gasteiger partial charge in [-0.1, -0.05) is 30.3 Å². The highest BCUT2D eigenvalue weighted by Crippen LogP contribution is 2.40. The molecule has 0 bridgehead atoms. The summed E-state index contributed by atoms with van der Waals surface area (Å²) in [6, 6.07) is 11.3. The Bertz CT molecular complexity index is 1270. The maximum Gasteiger partial charge on any atom is 0.313 e. The Kier molecular flexibility index (Phi) is 5.85. The van der Waals surface area contributed by atoms with E-state index in [1.165, 1.54) is 25.1 Å². The number of benzene rings is 3. The van der Waals surface area contributed by atoms with E-state index in [9.17, 15) is 28.4 Å². The lowest BCUT2D eigenvalue weighted by atomic mass is 10.1. The molecule has 0 spiro atoms. The molecule has 0 fully saturated rings. The van der Waals surface area contributed by atoms with E-state index < -0.39 is 20.9 Å². The number of aliphatic carboxylic acids is 1. The SMILES string of the molecule is Cc1ccc([N+](=O)[O-])cc1S(=O)(=O)Nc1cc(SCC(=O)O)c(O)c2ccccc12. The van der Waals surface area contributed by atoms with Crippen molar-refractivity contribution in [3.63, 3.8) is 0 Å². The van der Waals surface area contributed by atoms with Crippen molar-refractivity contribution in [1.82, 2.24) is 0 Å². The van der Waals surface area contributed by atoms with Crippen molar-refractivity contribution in [3.05, 3.63) is 64.2 Å². The highest BCUT2D eigenvalue weighted by Gasteiger charge is 2.23. The van der Waals surface area contributed by atoms with Crippen LogP contribution in [0.2, 0.25) is 0 Å². The molecule has 3 N–H and O–H groups in total. The molecule has 0 aliphatic rings. The predicted molar refractivity (Wildman–Crippen MR) is 113 cm³/mol. The predicted octanol–water partition coefficient (Wildman–Crippen LogP) is 3.74. The van der Waals surface area contributed by atoms with Gasteiger partial charge in [0, 0.05) is 22.9 Å². The first-order valence-electron chi connectivity index (χ1n) is 8.47. The number of sulfonamides is 1. The summed E-state index contributed by atoms with van der Waals surface area (Å²) < 4.78 is 28.4. The van der Waals surface area contributed by atoms with Crippen LogP contribution in [0.1, 0.15) is 5.56 Å². The number of non-ortho nitro benzene ring substituents is 1. The summed E-state index contributed by atoms with van der Waals surface area (Å²) in [7, 11) is -4.21. The Labute approximate surface area is 175 Å². The Morgan fingerprint density at radius 3 is 2.47 bits per heavy atom. The first-order valence-corrected chi connectivity index (χ1v) is 10.9. The van der Waals surface area contributed by atoms with E-state index in [2.05, 4.69) is 4.72 Å². The van der Waals surface area contributed by atoms with Gasteiger partial charge >= 0.3 is 5.97 Å². The number of carboxylic acid groups (broad SMARTS) is 1. The van der Waals surface area contributed by atoms with Gasteiger partial charge in [0.1, 0.15) is 5.75 Å². The van der Waals surface area contributed by atoms with Gasteiger partial charge in [-0.05, 0) is 18.6 Å². The average molecular weight is 448 g/mol. The van der Waals surface area contributed by atoms with Gasteiger partial charge in [-0.3, -0.25) is 19.6 Å². The minimum Gasteiger partial charge on any atom is -0.506 e. The lowest BCUT2D eigenvalue weighted by Crippen LogP contribution is -2.15. The summed E-state index contributed by atoms with van der Waals surface area (Å²) in [6.07, 6.45) is 0. The van der Waals surface area contributed by atoms with Crippen molar-refractivity contribution in [2.24, 2.45) is 0 Å². The molecule has 0 aliphatic carbocycles. The first-order chi connectivity index (χ1) is 14.1. The fourth-order valence-corrected chi connectivity index (χ4v) is 4.92. The third-order valence-electron chi connectivity index (χ3n) is 4.25. The Hall–Kier alpha value is -3.31. The van der Waals surface area contributed by atoms with Crippen LogP contribution in [0.15, 0.2) is 58.3 Å². The van der Waals surface area contributed by atoms with Gasteiger partial charge < -0.3 is 10.2 Å². The molecular weight excluding hydrogens is 432 g/mol. The number of phenolic OH excluding ortho intramolecular Hbond substituents is 1. The van der Waals surface area contributed by atoms with Crippen LogP contribution in [0.5, 0.6) is 5.75 Å². The number of carbonyl (C=O) groups is 1. The number of fused-ring (bicyclic) bond motifs is 1. The normalized spacial score (nSPS) is 11.4. The minimum absolute atomic E-state index is 0.113. The highest BCUT2D eigenvalue weighted by molar-refractivity contribution is 8.00. The van der Waals surface area contributed by atoms with Crippen molar-refractivity contribution in [1.29, 1.82) is 0 Å². The van der Waals surface area contributed by atoms with Gasteiger partial charge in [0.15, 0.2) is 0 Å². The molecule has 0 saturated heterocycles. The summed E-state index contributed by atoms with van der Waals surface area (Å²) >= 11 is 0.842. The summed E-state index contributed by atoms with van der Waals surface area (Å²) in [4.78, 5) is 21.2. The molecule has 0 aliphatic heterocycles. The lowest BCUT2D eigenvalue weighted by molar-refractivity contribution is -0.385. The number of phenols is 1. The van der Waals surface area contributed by atoms with Gasteiger partial charge in [-0.15, -0.1) is 11.8 Å². The van der Waals surface area contributed by atoms with Crippen LogP contribution in [0.4, 0.5) is 11.4 Å². The Morgan fingerprint density at radius 1 is 1.17 bits per heavy atom. The molecule has 0 unspecified atom stereocenters. The molecule has 0 heterocycles.